The molecule has 0 amide bonds. The Labute approximate surface area is 176 Å². The van der Waals surface area contributed by atoms with Crippen LogP contribution >= 0.6 is 11.8 Å². The van der Waals surface area contributed by atoms with Crippen LogP contribution in [0.2, 0.25) is 0 Å². The van der Waals surface area contributed by atoms with Crippen molar-refractivity contribution in [2.45, 2.75) is 65.5 Å². The largest absolute Gasteiger partial charge is 0.399 e. The molecule has 2 heterocycles. The van der Waals surface area contributed by atoms with Gasteiger partial charge in [0.05, 0.1) is 13.2 Å². The number of thioether (sulfide) groups is 1. The highest BCUT2D eigenvalue weighted by Gasteiger charge is 2.50. The maximum absolute atomic E-state index is 10.6. The monoisotopic (exact) mass is 449 g/mol. The molecule has 0 aliphatic carbocycles. The summed E-state index contributed by atoms with van der Waals surface area (Å²) in [6.45, 7) is -1.23. The van der Waals surface area contributed by atoms with Crippen molar-refractivity contribution in [1.29, 1.82) is 0 Å². The van der Waals surface area contributed by atoms with E-state index in [-0.39, 0.29) is 0 Å². The van der Waals surface area contributed by atoms with Crippen LogP contribution in [0.15, 0.2) is 29.2 Å². The zero-order valence-corrected chi connectivity index (χ0v) is 16.7. The fraction of sp³-hybridized carbons (Fsp3) is 0.667. The van der Waals surface area contributed by atoms with Crippen LogP contribution in [-0.2, 0) is 14.2 Å². The molecule has 2 aliphatic heterocycles. The maximum Gasteiger partial charge on any atom is 0.187 e. The number of hydrogen-bond acceptors (Lipinski definition) is 12. The van der Waals surface area contributed by atoms with Gasteiger partial charge < -0.3 is 55.7 Å². The first-order valence-electron chi connectivity index (χ1n) is 9.37. The summed E-state index contributed by atoms with van der Waals surface area (Å²) in [4.78, 5) is 0.713. The van der Waals surface area contributed by atoms with E-state index in [1.165, 1.54) is 0 Å². The third-order valence-corrected chi connectivity index (χ3v) is 6.26. The Bertz CT molecular complexity index is 677. The first-order valence-corrected chi connectivity index (χ1v) is 10.3. The lowest BCUT2D eigenvalue weighted by Crippen LogP contribution is -2.64. The molecular weight excluding hydrogens is 422 g/mol. The number of aliphatic hydroxyl groups excluding tert-OH is 7. The van der Waals surface area contributed by atoms with Gasteiger partial charge in [0.1, 0.15) is 54.3 Å². The van der Waals surface area contributed by atoms with Crippen molar-refractivity contribution in [3.63, 3.8) is 0 Å². The van der Waals surface area contributed by atoms with Crippen LogP contribution in [0.5, 0.6) is 0 Å². The van der Waals surface area contributed by atoms with Crippen LogP contribution in [0.25, 0.3) is 0 Å². The van der Waals surface area contributed by atoms with Crippen LogP contribution < -0.4 is 5.73 Å². The van der Waals surface area contributed by atoms with Crippen LogP contribution in [0.1, 0.15) is 0 Å². The lowest BCUT2D eigenvalue weighted by atomic mass is 9.97. The summed E-state index contributed by atoms with van der Waals surface area (Å²) in [6.07, 6.45) is -13.1. The predicted molar refractivity (Wildman–Crippen MR) is 103 cm³/mol. The zero-order chi connectivity index (χ0) is 22.0. The number of aliphatic hydroxyl groups is 7. The van der Waals surface area contributed by atoms with Crippen molar-refractivity contribution in [2.75, 3.05) is 18.9 Å². The molecule has 0 aromatic heterocycles. The van der Waals surface area contributed by atoms with E-state index in [1.807, 2.05) is 0 Å². The fourth-order valence-electron chi connectivity index (χ4n) is 3.33. The quantitative estimate of drug-likeness (QED) is 0.205. The smallest absolute Gasteiger partial charge is 0.187 e. The van der Waals surface area contributed by atoms with Gasteiger partial charge in [-0.15, -0.1) is 0 Å². The molecule has 0 bridgehead atoms. The third-order valence-electron chi connectivity index (χ3n) is 5.09. The molecule has 9 N–H and O–H groups in total. The second-order valence-electron chi connectivity index (χ2n) is 7.19. The van der Waals surface area contributed by atoms with Crippen molar-refractivity contribution in [3.05, 3.63) is 24.3 Å². The minimum atomic E-state index is -1.70. The SMILES string of the molecule is Nc1ccc(S[C@H]2O[C@H](CO)[C@@H](O[C@@H]3O[C@H](CO)[C@@H](O)[C@H](O)[C@H]3O)[C@H](O)[C@H]2O)cc1. The van der Waals surface area contributed by atoms with E-state index < -0.39 is 73.8 Å². The molecular formula is C18H27NO10S. The van der Waals surface area contributed by atoms with Crippen LogP contribution in [0.4, 0.5) is 5.69 Å². The van der Waals surface area contributed by atoms with Gasteiger partial charge in [0.15, 0.2) is 6.29 Å². The second kappa shape index (κ2) is 10.1. The molecule has 170 valence electrons. The van der Waals surface area contributed by atoms with Gasteiger partial charge in [-0.1, -0.05) is 11.8 Å². The van der Waals surface area contributed by atoms with Crippen LogP contribution in [-0.4, -0.2) is 110 Å². The summed E-state index contributed by atoms with van der Waals surface area (Å²) in [6, 6.07) is 6.77. The number of rotatable bonds is 6. The van der Waals surface area contributed by atoms with E-state index in [4.69, 9.17) is 19.9 Å². The van der Waals surface area contributed by atoms with E-state index in [0.717, 1.165) is 11.8 Å². The Kier molecular flexibility index (Phi) is 7.92. The average Bonchev–Trinajstić information content (AvgIpc) is 2.74. The molecule has 12 heteroatoms. The van der Waals surface area contributed by atoms with Crippen molar-refractivity contribution in [2.24, 2.45) is 0 Å². The highest BCUT2D eigenvalue weighted by atomic mass is 32.2. The van der Waals surface area contributed by atoms with Gasteiger partial charge in [0.25, 0.3) is 0 Å². The Morgan fingerprint density at radius 2 is 1.43 bits per heavy atom. The van der Waals surface area contributed by atoms with Gasteiger partial charge in [0.2, 0.25) is 0 Å². The van der Waals surface area contributed by atoms with E-state index in [9.17, 15) is 35.7 Å². The summed E-state index contributed by atoms with van der Waals surface area (Å²) in [5.41, 5.74) is 5.27. The molecule has 10 atom stereocenters. The zero-order valence-electron chi connectivity index (χ0n) is 15.8. The number of nitrogen functional groups attached to an aromatic ring is 1. The molecule has 0 unspecified atom stereocenters. The van der Waals surface area contributed by atoms with Crippen molar-refractivity contribution < 1.29 is 50.0 Å². The minimum absolute atomic E-state index is 0.561. The molecule has 0 saturated carbocycles. The van der Waals surface area contributed by atoms with E-state index in [1.54, 1.807) is 24.3 Å². The van der Waals surface area contributed by atoms with Crippen molar-refractivity contribution in [1.82, 2.24) is 0 Å². The van der Waals surface area contributed by atoms with E-state index >= 15 is 0 Å². The molecule has 0 radical (unpaired) electrons. The molecule has 2 aliphatic rings. The standard InChI is InChI=1S/C18H27NO10S/c19-7-1-3-8(4-2-7)30-18-15(26)13(24)16(10(6-21)28-18)29-17-14(25)12(23)11(22)9(5-20)27-17/h1-4,9-18,20-26H,5-6,19H2/t9-,10-,11-,12+,13-,14-,15-,16-,17+,18-/m1/s1. The van der Waals surface area contributed by atoms with Gasteiger partial charge in [-0.25, -0.2) is 0 Å². The van der Waals surface area contributed by atoms with Crippen molar-refractivity contribution >= 4 is 17.4 Å². The lowest BCUT2D eigenvalue weighted by Gasteiger charge is -2.46. The molecule has 1 aromatic rings. The Morgan fingerprint density at radius 3 is 2.03 bits per heavy atom. The topological polar surface area (TPSA) is 195 Å². The highest BCUT2D eigenvalue weighted by Crippen LogP contribution is 2.35. The third kappa shape index (κ3) is 4.89. The Balaban J connectivity index is 1.71. The molecule has 3 rings (SSSR count). The average molecular weight is 449 g/mol. The second-order valence-corrected chi connectivity index (χ2v) is 8.36. The van der Waals surface area contributed by atoms with Gasteiger partial charge in [-0.05, 0) is 24.3 Å². The number of anilines is 1. The molecule has 2 saturated heterocycles. The minimum Gasteiger partial charge on any atom is -0.399 e. The predicted octanol–water partition coefficient (Wildman–Crippen LogP) is -3.01. The van der Waals surface area contributed by atoms with Gasteiger partial charge in [-0.3, -0.25) is 0 Å². The van der Waals surface area contributed by atoms with Crippen LogP contribution in [0, 0.1) is 0 Å². The number of nitrogens with two attached hydrogens (primary N) is 1. The van der Waals surface area contributed by atoms with E-state index in [2.05, 4.69) is 0 Å². The Hall–Kier alpha value is -1.03. The highest BCUT2D eigenvalue weighted by molar-refractivity contribution is 7.99. The summed E-state index contributed by atoms with van der Waals surface area (Å²) in [5, 5.41) is 70.0. The number of benzene rings is 1. The summed E-state index contributed by atoms with van der Waals surface area (Å²) < 4.78 is 16.5. The number of hydrogen-bond donors (Lipinski definition) is 8. The van der Waals surface area contributed by atoms with E-state index in [0.29, 0.717) is 10.6 Å². The van der Waals surface area contributed by atoms with Crippen molar-refractivity contribution in [3.8, 4) is 0 Å². The first-order chi connectivity index (χ1) is 14.3. The van der Waals surface area contributed by atoms with Gasteiger partial charge >= 0.3 is 0 Å². The first kappa shape index (κ1) is 23.6. The molecule has 1 aromatic carbocycles. The molecule has 11 nitrogen and oxygen atoms in total. The summed E-state index contributed by atoms with van der Waals surface area (Å²) in [7, 11) is 0. The van der Waals surface area contributed by atoms with Gasteiger partial charge in [-0.2, -0.15) is 0 Å². The molecule has 0 spiro atoms. The summed E-state index contributed by atoms with van der Waals surface area (Å²) in [5.74, 6) is 0. The van der Waals surface area contributed by atoms with Gasteiger partial charge in [0, 0.05) is 10.6 Å². The lowest BCUT2D eigenvalue weighted by molar-refractivity contribution is -0.338. The Morgan fingerprint density at radius 1 is 0.800 bits per heavy atom. The fourth-order valence-corrected chi connectivity index (χ4v) is 4.39. The number of ether oxygens (including phenoxy) is 3. The molecule has 30 heavy (non-hydrogen) atoms. The normalized spacial score (nSPS) is 42.2. The van der Waals surface area contributed by atoms with Crippen LogP contribution in [0.3, 0.4) is 0 Å². The molecule has 2 fully saturated rings. The maximum atomic E-state index is 10.6. The summed E-state index contributed by atoms with van der Waals surface area (Å²) >= 11 is 1.12.